The molecule has 0 spiro atoms. The first kappa shape index (κ1) is 12.4. The molecule has 5 nitrogen and oxygen atoms in total. The highest BCUT2D eigenvalue weighted by Crippen LogP contribution is 2.03. The summed E-state index contributed by atoms with van der Waals surface area (Å²) >= 11 is 0. The Bertz CT molecular complexity index is 363. The van der Waals surface area contributed by atoms with Gasteiger partial charge in [0, 0.05) is 26.2 Å². The first-order valence-electron chi connectivity index (χ1n) is 5.27. The molecule has 0 aliphatic carbocycles. The molecule has 1 aromatic heterocycles. The van der Waals surface area contributed by atoms with Crippen molar-refractivity contribution in [1.82, 2.24) is 15.3 Å². The van der Waals surface area contributed by atoms with E-state index >= 15 is 0 Å². The van der Waals surface area contributed by atoms with Crippen LogP contribution >= 0.6 is 0 Å². The fraction of sp³-hybridized carbons (Fsp3) is 0.545. The first-order valence-corrected chi connectivity index (χ1v) is 5.27. The van der Waals surface area contributed by atoms with Gasteiger partial charge in [0.25, 0.3) is 0 Å². The van der Waals surface area contributed by atoms with Crippen molar-refractivity contribution >= 4 is 11.9 Å². The van der Waals surface area contributed by atoms with Crippen LogP contribution in [0.4, 0.5) is 5.95 Å². The van der Waals surface area contributed by atoms with E-state index in [0.29, 0.717) is 12.5 Å². The number of amides is 1. The molecule has 0 atom stereocenters. The van der Waals surface area contributed by atoms with Crippen LogP contribution in [0.25, 0.3) is 0 Å². The minimum absolute atomic E-state index is 0.00448. The van der Waals surface area contributed by atoms with Gasteiger partial charge in [-0.2, -0.15) is 0 Å². The van der Waals surface area contributed by atoms with Gasteiger partial charge in [0.05, 0.1) is 12.2 Å². The van der Waals surface area contributed by atoms with Crippen LogP contribution in [0.1, 0.15) is 19.5 Å². The van der Waals surface area contributed by atoms with E-state index in [9.17, 15) is 4.79 Å². The predicted octanol–water partition coefficient (Wildman–Crippen LogP) is 0.815. The molecule has 1 aromatic rings. The molecule has 1 heterocycles. The Labute approximate surface area is 95.9 Å². The second-order valence-electron chi connectivity index (χ2n) is 4.11. The summed E-state index contributed by atoms with van der Waals surface area (Å²) in [5, 5.41) is 2.82. The fourth-order valence-corrected chi connectivity index (χ4v) is 1.08. The lowest BCUT2D eigenvalue weighted by Crippen LogP contribution is -2.27. The summed E-state index contributed by atoms with van der Waals surface area (Å²) in [4.78, 5) is 21.6. The Morgan fingerprint density at radius 2 is 2.19 bits per heavy atom. The van der Waals surface area contributed by atoms with Gasteiger partial charge >= 0.3 is 0 Å². The zero-order chi connectivity index (χ0) is 12.1. The highest BCUT2D eigenvalue weighted by atomic mass is 16.1. The molecule has 0 saturated heterocycles. The molecule has 16 heavy (non-hydrogen) atoms. The zero-order valence-corrected chi connectivity index (χ0v) is 10.2. The van der Waals surface area contributed by atoms with Crippen LogP contribution in [-0.2, 0) is 11.3 Å². The van der Waals surface area contributed by atoms with E-state index in [1.54, 1.807) is 12.3 Å². The summed E-state index contributed by atoms with van der Waals surface area (Å²) in [6.07, 6.45) is 1.69. The lowest BCUT2D eigenvalue weighted by molar-refractivity contribution is -0.124. The summed E-state index contributed by atoms with van der Waals surface area (Å²) in [5.74, 6) is 0.677. The van der Waals surface area contributed by atoms with Gasteiger partial charge in [-0.1, -0.05) is 13.8 Å². The van der Waals surface area contributed by atoms with E-state index in [1.165, 1.54) is 0 Å². The quantitative estimate of drug-likeness (QED) is 0.819. The van der Waals surface area contributed by atoms with Crippen LogP contribution < -0.4 is 10.2 Å². The van der Waals surface area contributed by atoms with E-state index in [-0.39, 0.29) is 11.8 Å². The number of carbonyl (C=O) groups is 1. The van der Waals surface area contributed by atoms with Crippen molar-refractivity contribution in [3.8, 4) is 0 Å². The lowest BCUT2D eigenvalue weighted by atomic mass is 10.2. The lowest BCUT2D eigenvalue weighted by Gasteiger charge is -2.11. The van der Waals surface area contributed by atoms with Gasteiger partial charge in [0.2, 0.25) is 11.9 Å². The van der Waals surface area contributed by atoms with Crippen LogP contribution in [0.5, 0.6) is 0 Å². The van der Waals surface area contributed by atoms with Gasteiger partial charge in [-0.05, 0) is 6.07 Å². The second-order valence-corrected chi connectivity index (χ2v) is 4.11. The van der Waals surface area contributed by atoms with Crippen molar-refractivity contribution < 1.29 is 4.79 Å². The molecule has 0 saturated carbocycles. The summed E-state index contributed by atoms with van der Waals surface area (Å²) in [6, 6.07) is 1.80. The Morgan fingerprint density at radius 1 is 1.50 bits per heavy atom. The van der Waals surface area contributed by atoms with Crippen LogP contribution in [0.15, 0.2) is 12.3 Å². The standard InChI is InChI=1S/C11H18N4O/c1-8(2)10(16)13-7-9-5-6-12-11(14-9)15(3)4/h5-6,8H,7H2,1-4H3,(H,13,16). The smallest absolute Gasteiger partial charge is 0.225 e. The van der Waals surface area contributed by atoms with Gasteiger partial charge in [-0.3, -0.25) is 4.79 Å². The number of hydrogen-bond donors (Lipinski definition) is 1. The SMILES string of the molecule is CC(C)C(=O)NCc1ccnc(N(C)C)n1. The molecule has 0 aliphatic heterocycles. The third-order valence-corrected chi connectivity index (χ3v) is 2.07. The minimum Gasteiger partial charge on any atom is -0.350 e. The van der Waals surface area contributed by atoms with Gasteiger partial charge in [0.15, 0.2) is 0 Å². The molecular weight excluding hydrogens is 204 g/mol. The second kappa shape index (κ2) is 5.44. The minimum atomic E-state index is -0.00448. The molecule has 0 fully saturated rings. The third kappa shape index (κ3) is 3.49. The maximum atomic E-state index is 11.4. The molecule has 0 radical (unpaired) electrons. The molecule has 1 amide bonds. The van der Waals surface area contributed by atoms with E-state index < -0.39 is 0 Å². The number of carbonyl (C=O) groups excluding carboxylic acids is 1. The average Bonchev–Trinajstić information content (AvgIpc) is 2.26. The Hall–Kier alpha value is -1.65. The number of hydrogen-bond acceptors (Lipinski definition) is 4. The van der Waals surface area contributed by atoms with Gasteiger partial charge in [-0.15, -0.1) is 0 Å². The predicted molar refractivity (Wildman–Crippen MR) is 63.0 cm³/mol. The monoisotopic (exact) mass is 222 g/mol. The maximum absolute atomic E-state index is 11.4. The van der Waals surface area contributed by atoms with E-state index in [4.69, 9.17) is 0 Å². The molecule has 1 rings (SSSR count). The number of aromatic nitrogens is 2. The van der Waals surface area contributed by atoms with Crippen molar-refractivity contribution in [2.24, 2.45) is 5.92 Å². The van der Waals surface area contributed by atoms with Crippen molar-refractivity contribution in [2.75, 3.05) is 19.0 Å². The van der Waals surface area contributed by atoms with Gasteiger partial charge < -0.3 is 10.2 Å². The largest absolute Gasteiger partial charge is 0.350 e. The van der Waals surface area contributed by atoms with E-state index in [0.717, 1.165) is 5.69 Å². The molecule has 0 aliphatic rings. The molecule has 0 bridgehead atoms. The van der Waals surface area contributed by atoms with Crippen molar-refractivity contribution in [1.29, 1.82) is 0 Å². The molecule has 1 N–H and O–H groups in total. The van der Waals surface area contributed by atoms with Crippen molar-refractivity contribution in [3.05, 3.63) is 18.0 Å². The highest BCUT2D eigenvalue weighted by Gasteiger charge is 2.07. The van der Waals surface area contributed by atoms with Gasteiger partial charge in [-0.25, -0.2) is 9.97 Å². The van der Waals surface area contributed by atoms with Crippen molar-refractivity contribution in [2.45, 2.75) is 20.4 Å². The Balaban J connectivity index is 2.61. The topological polar surface area (TPSA) is 58.1 Å². The Kier molecular flexibility index (Phi) is 4.22. The average molecular weight is 222 g/mol. The zero-order valence-electron chi connectivity index (χ0n) is 10.2. The molecule has 0 aromatic carbocycles. The number of anilines is 1. The van der Waals surface area contributed by atoms with E-state index in [1.807, 2.05) is 32.8 Å². The maximum Gasteiger partial charge on any atom is 0.225 e. The third-order valence-electron chi connectivity index (χ3n) is 2.07. The van der Waals surface area contributed by atoms with Crippen LogP contribution in [-0.4, -0.2) is 30.0 Å². The van der Waals surface area contributed by atoms with Crippen LogP contribution in [0, 0.1) is 5.92 Å². The van der Waals surface area contributed by atoms with Crippen LogP contribution in [0.3, 0.4) is 0 Å². The number of nitrogens with zero attached hydrogens (tertiary/aromatic N) is 3. The molecule has 88 valence electrons. The molecule has 5 heteroatoms. The molecular formula is C11H18N4O. The first-order chi connectivity index (χ1) is 7.50. The van der Waals surface area contributed by atoms with Gasteiger partial charge in [0.1, 0.15) is 0 Å². The highest BCUT2D eigenvalue weighted by molar-refractivity contribution is 5.77. The molecule has 0 unspecified atom stereocenters. The normalized spacial score (nSPS) is 10.3. The van der Waals surface area contributed by atoms with E-state index in [2.05, 4.69) is 15.3 Å². The summed E-state index contributed by atoms with van der Waals surface area (Å²) < 4.78 is 0. The Morgan fingerprint density at radius 3 is 2.75 bits per heavy atom. The number of rotatable bonds is 4. The van der Waals surface area contributed by atoms with Crippen LogP contribution in [0.2, 0.25) is 0 Å². The van der Waals surface area contributed by atoms with Crippen molar-refractivity contribution in [3.63, 3.8) is 0 Å². The fourth-order valence-electron chi connectivity index (χ4n) is 1.08. The summed E-state index contributed by atoms with van der Waals surface area (Å²) in [5.41, 5.74) is 0.813. The summed E-state index contributed by atoms with van der Waals surface area (Å²) in [6.45, 7) is 4.17. The summed E-state index contributed by atoms with van der Waals surface area (Å²) in [7, 11) is 3.76. The number of nitrogens with one attached hydrogen (secondary N) is 1.